The minimum atomic E-state index is -3.48. The molecule has 0 bridgehead atoms. The van der Waals surface area contributed by atoms with Crippen LogP contribution in [0.5, 0.6) is 0 Å². The summed E-state index contributed by atoms with van der Waals surface area (Å²) in [5.74, 6) is 0.0435. The number of anilines is 1. The van der Waals surface area contributed by atoms with Crippen LogP contribution in [0.15, 0.2) is 23.1 Å². The third kappa shape index (κ3) is 2.50. The molecule has 0 aromatic heterocycles. The lowest BCUT2D eigenvalue weighted by molar-refractivity contribution is 0.233. The second kappa shape index (κ2) is 4.87. The molecular weight excluding hydrogens is 252 g/mol. The van der Waals surface area contributed by atoms with Gasteiger partial charge in [-0.15, -0.1) is 0 Å². The van der Waals surface area contributed by atoms with Crippen molar-refractivity contribution in [2.45, 2.75) is 18.2 Å². The number of hydrogen-bond acceptors (Lipinski definition) is 4. The van der Waals surface area contributed by atoms with Crippen molar-refractivity contribution >= 4 is 15.7 Å². The molecule has 5 nitrogen and oxygen atoms in total. The standard InChI is InChI=1S/C12H18N2O3S/c1-9-4-11(13)6-12(5-9)18(16,17)14-3-2-10(7-14)8-15/h4-6,10,15H,2-3,7-8,13H2,1H3. The van der Waals surface area contributed by atoms with E-state index >= 15 is 0 Å². The summed E-state index contributed by atoms with van der Waals surface area (Å²) in [5.41, 5.74) is 6.96. The normalized spacial score (nSPS) is 21.3. The Morgan fingerprint density at radius 2 is 2.17 bits per heavy atom. The van der Waals surface area contributed by atoms with Gasteiger partial charge in [-0.1, -0.05) is 0 Å². The van der Waals surface area contributed by atoms with Gasteiger partial charge in [0.2, 0.25) is 10.0 Å². The minimum Gasteiger partial charge on any atom is -0.399 e. The first-order valence-electron chi connectivity index (χ1n) is 5.91. The molecule has 0 radical (unpaired) electrons. The predicted molar refractivity (Wildman–Crippen MR) is 69.5 cm³/mol. The number of aliphatic hydroxyl groups excluding tert-OH is 1. The molecule has 1 aliphatic rings. The Balaban J connectivity index is 2.31. The van der Waals surface area contributed by atoms with Crippen LogP contribution in [0.3, 0.4) is 0 Å². The highest BCUT2D eigenvalue weighted by Gasteiger charge is 2.32. The molecule has 0 saturated carbocycles. The lowest BCUT2D eigenvalue weighted by Crippen LogP contribution is -2.29. The minimum absolute atomic E-state index is 0.0297. The van der Waals surface area contributed by atoms with Gasteiger partial charge in [0, 0.05) is 25.4 Å². The van der Waals surface area contributed by atoms with Crippen molar-refractivity contribution in [3.05, 3.63) is 23.8 Å². The Kier molecular flexibility index (Phi) is 3.61. The van der Waals surface area contributed by atoms with Gasteiger partial charge in [-0.3, -0.25) is 0 Å². The highest BCUT2D eigenvalue weighted by Crippen LogP contribution is 2.25. The number of nitrogens with zero attached hydrogens (tertiary/aromatic N) is 1. The fourth-order valence-corrected chi connectivity index (χ4v) is 3.91. The van der Waals surface area contributed by atoms with Crippen LogP contribution < -0.4 is 5.73 Å². The van der Waals surface area contributed by atoms with E-state index in [1.807, 2.05) is 6.92 Å². The molecule has 18 heavy (non-hydrogen) atoms. The Morgan fingerprint density at radius 3 is 2.72 bits per heavy atom. The summed E-state index contributed by atoms with van der Waals surface area (Å²) in [5, 5.41) is 9.07. The van der Waals surface area contributed by atoms with Crippen LogP contribution in [0.1, 0.15) is 12.0 Å². The van der Waals surface area contributed by atoms with Gasteiger partial charge in [0.1, 0.15) is 0 Å². The van der Waals surface area contributed by atoms with Gasteiger partial charge < -0.3 is 10.8 Å². The molecule has 0 amide bonds. The van der Waals surface area contributed by atoms with Crippen molar-refractivity contribution in [2.24, 2.45) is 5.92 Å². The van der Waals surface area contributed by atoms with Crippen LogP contribution >= 0.6 is 0 Å². The molecule has 1 atom stereocenters. The molecule has 1 saturated heterocycles. The number of nitrogen functional groups attached to an aromatic ring is 1. The van der Waals surface area contributed by atoms with E-state index in [-0.39, 0.29) is 17.4 Å². The fourth-order valence-electron chi connectivity index (χ4n) is 2.24. The Bertz CT molecular complexity index is 522. The summed E-state index contributed by atoms with van der Waals surface area (Å²) < 4.78 is 26.2. The molecule has 3 N–H and O–H groups in total. The van der Waals surface area contributed by atoms with Crippen LogP contribution in [0.2, 0.25) is 0 Å². The molecule has 1 aliphatic heterocycles. The SMILES string of the molecule is Cc1cc(N)cc(S(=O)(=O)N2CCC(CO)C2)c1. The summed E-state index contributed by atoms with van der Waals surface area (Å²) in [7, 11) is -3.48. The van der Waals surface area contributed by atoms with E-state index in [2.05, 4.69) is 0 Å². The highest BCUT2D eigenvalue weighted by molar-refractivity contribution is 7.89. The molecule has 0 spiro atoms. The summed E-state index contributed by atoms with van der Waals surface area (Å²) >= 11 is 0. The number of rotatable bonds is 3. The maximum atomic E-state index is 12.4. The van der Waals surface area contributed by atoms with Crippen molar-refractivity contribution < 1.29 is 13.5 Å². The highest BCUT2D eigenvalue weighted by atomic mass is 32.2. The topological polar surface area (TPSA) is 83.6 Å². The summed E-state index contributed by atoms with van der Waals surface area (Å²) in [6.45, 7) is 2.69. The first-order valence-corrected chi connectivity index (χ1v) is 7.35. The van der Waals surface area contributed by atoms with Gasteiger partial charge in [0.05, 0.1) is 4.90 Å². The van der Waals surface area contributed by atoms with Crippen LogP contribution in [0, 0.1) is 12.8 Å². The van der Waals surface area contributed by atoms with Crippen LogP contribution in [-0.4, -0.2) is 37.5 Å². The quantitative estimate of drug-likeness (QED) is 0.787. The van der Waals surface area contributed by atoms with Crippen LogP contribution in [-0.2, 0) is 10.0 Å². The van der Waals surface area contributed by atoms with Gasteiger partial charge in [0.15, 0.2) is 0 Å². The van der Waals surface area contributed by atoms with Gasteiger partial charge in [-0.25, -0.2) is 8.42 Å². The molecule has 1 aromatic carbocycles. The Morgan fingerprint density at radius 1 is 1.44 bits per heavy atom. The first-order chi connectivity index (χ1) is 8.43. The molecule has 1 unspecified atom stereocenters. The summed E-state index contributed by atoms with van der Waals surface area (Å²) in [6.07, 6.45) is 0.705. The average Bonchev–Trinajstić information content (AvgIpc) is 2.76. The monoisotopic (exact) mass is 270 g/mol. The third-order valence-corrected chi connectivity index (χ3v) is 5.06. The predicted octanol–water partition coefficient (Wildman–Crippen LogP) is 0.580. The van der Waals surface area contributed by atoms with Crippen molar-refractivity contribution in [1.29, 1.82) is 0 Å². The zero-order valence-corrected chi connectivity index (χ0v) is 11.2. The molecule has 0 aliphatic carbocycles. The van der Waals surface area contributed by atoms with E-state index in [0.29, 0.717) is 25.2 Å². The van der Waals surface area contributed by atoms with Gasteiger partial charge in [0.25, 0.3) is 0 Å². The second-order valence-electron chi connectivity index (χ2n) is 4.78. The zero-order chi connectivity index (χ0) is 13.3. The Hall–Kier alpha value is -1.11. The van der Waals surface area contributed by atoms with E-state index in [4.69, 9.17) is 10.8 Å². The van der Waals surface area contributed by atoms with Gasteiger partial charge in [-0.2, -0.15) is 4.31 Å². The van der Waals surface area contributed by atoms with E-state index < -0.39 is 10.0 Å². The largest absolute Gasteiger partial charge is 0.399 e. The molecule has 1 heterocycles. The van der Waals surface area contributed by atoms with Crippen molar-refractivity contribution in [3.8, 4) is 0 Å². The molecule has 1 fully saturated rings. The second-order valence-corrected chi connectivity index (χ2v) is 6.72. The number of aliphatic hydroxyl groups is 1. The lowest BCUT2D eigenvalue weighted by Gasteiger charge is -2.17. The average molecular weight is 270 g/mol. The first kappa shape index (κ1) is 13.3. The van der Waals surface area contributed by atoms with Gasteiger partial charge >= 0.3 is 0 Å². The fraction of sp³-hybridized carbons (Fsp3) is 0.500. The van der Waals surface area contributed by atoms with E-state index in [9.17, 15) is 8.42 Å². The van der Waals surface area contributed by atoms with Crippen molar-refractivity contribution in [3.63, 3.8) is 0 Å². The van der Waals surface area contributed by atoms with Crippen LogP contribution in [0.4, 0.5) is 5.69 Å². The van der Waals surface area contributed by atoms with Crippen LogP contribution in [0.25, 0.3) is 0 Å². The summed E-state index contributed by atoms with van der Waals surface area (Å²) in [6, 6.07) is 4.84. The molecular formula is C12H18N2O3S. The van der Waals surface area contributed by atoms with Crippen molar-refractivity contribution in [1.82, 2.24) is 4.31 Å². The summed E-state index contributed by atoms with van der Waals surface area (Å²) in [4.78, 5) is 0.235. The maximum absolute atomic E-state index is 12.4. The van der Waals surface area contributed by atoms with Crippen molar-refractivity contribution in [2.75, 3.05) is 25.4 Å². The van der Waals surface area contributed by atoms with E-state index in [1.54, 1.807) is 12.1 Å². The number of sulfonamides is 1. The third-order valence-electron chi connectivity index (χ3n) is 3.22. The van der Waals surface area contributed by atoms with E-state index in [0.717, 1.165) is 5.56 Å². The smallest absolute Gasteiger partial charge is 0.243 e. The molecule has 2 rings (SSSR count). The molecule has 100 valence electrons. The maximum Gasteiger partial charge on any atom is 0.243 e. The van der Waals surface area contributed by atoms with Gasteiger partial charge in [-0.05, 0) is 43.0 Å². The number of hydrogen-bond donors (Lipinski definition) is 2. The Labute approximate surface area is 107 Å². The zero-order valence-electron chi connectivity index (χ0n) is 10.3. The molecule has 1 aromatic rings. The number of benzene rings is 1. The molecule has 6 heteroatoms. The number of nitrogens with two attached hydrogens (primary N) is 1. The van der Waals surface area contributed by atoms with E-state index in [1.165, 1.54) is 10.4 Å². The number of aryl methyl sites for hydroxylation is 1. The lowest BCUT2D eigenvalue weighted by atomic mass is 10.1.